The van der Waals surface area contributed by atoms with E-state index in [2.05, 4.69) is 9.71 Å². The highest BCUT2D eigenvalue weighted by molar-refractivity contribution is 7.92. The predicted molar refractivity (Wildman–Crippen MR) is 93.9 cm³/mol. The van der Waals surface area contributed by atoms with Crippen molar-refractivity contribution in [2.75, 3.05) is 18.9 Å². The van der Waals surface area contributed by atoms with Gasteiger partial charge in [0.05, 0.1) is 25.4 Å². The Morgan fingerprint density at radius 3 is 2.32 bits per heavy atom. The van der Waals surface area contributed by atoms with Gasteiger partial charge < -0.3 is 14.0 Å². The summed E-state index contributed by atoms with van der Waals surface area (Å²) in [7, 11) is -0.795. The number of nitrogens with zero attached hydrogens (tertiary/aromatic N) is 2. The Hall–Kier alpha value is -3.00. The van der Waals surface area contributed by atoms with Crippen LogP contribution in [0.3, 0.4) is 0 Å². The molecule has 1 aromatic heterocycles. The van der Waals surface area contributed by atoms with Gasteiger partial charge in [0.2, 0.25) is 0 Å². The molecular formula is C17H17N3O4S. The number of hydrogen-bond acceptors (Lipinski definition) is 5. The van der Waals surface area contributed by atoms with E-state index >= 15 is 0 Å². The molecule has 0 fully saturated rings. The van der Waals surface area contributed by atoms with Crippen molar-refractivity contribution in [1.82, 2.24) is 9.55 Å². The number of aromatic nitrogens is 2. The Morgan fingerprint density at radius 2 is 1.72 bits per heavy atom. The molecule has 0 atom stereocenters. The number of sulfonamides is 1. The van der Waals surface area contributed by atoms with Crippen LogP contribution in [0.5, 0.6) is 11.5 Å². The molecule has 130 valence electrons. The number of methoxy groups -OCH3 is 2. The molecule has 0 radical (unpaired) electrons. The van der Waals surface area contributed by atoms with Crippen molar-refractivity contribution >= 4 is 15.7 Å². The summed E-state index contributed by atoms with van der Waals surface area (Å²) in [6.45, 7) is 0. The summed E-state index contributed by atoms with van der Waals surface area (Å²) in [6.07, 6.45) is 5.15. The summed E-state index contributed by atoms with van der Waals surface area (Å²) in [4.78, 5) is 4.07. The first kappa shape index (κ1) is 16.8. The van der Waals surface area contributed by atoms with Gasteiger partial charge in [0.25, 0.3) is 10.0 Å². The number of hydrogen-bond donors (Lipinski definition) is 1. The van der Waals surface area contributed by atoms with Gasteiger partial charge in [-0.3, -0.25) is 4.72 Å². The molecule has 1 heterocycles. The number of rotatable bonds is 6. The molecular weight excluding hydrogens is 342 g/mol. The molecule has 0 amide bonds. The van der Waals surface area contributed by atoms with Crippen molar-refractivity contribution in [3.63, 3.8) is 0 Å². The van der Waals surface area contributed by atoms with Crippen LogP contribution in [0.4, 0.5) is 5.69 Å². The molecule has 0 aliphatic rings. The number of imidazole rings is 1. The van der Waals surface area contributed by atoms with Gasteiger partial charge in [-0.25, -0.2) is 13.4 Å². The smallest absolute Gasteiger partial charge is 0.262 e. The topological polar surface area (TPSA) is 82.5 Å². The lowest BCUT2D eigenvalue weighted by Gasteiger charge is -2.12. The summed E-state index contributed by atoms with van der Waals surface area (Å²) >= 11 is 0. The Balaban J connectivity index is 1.84. The van der Waals surface area contributed by atoms with E-state index in [0.717, 1.165) is 5.69 Å². The second kappa shape index (κ2) is 6.86. The van der Waals surface area contributed by atoms with Gasteiger partial charge in [0.15, 0.2) is 11.5 Å². The van der Waals surface area contributed by atoms with E-state index in [4.69, 9.17) is 9.47 Å². The van der Waals surface area contributed by atoms with Crippen molar-refractivity contribution in [1.29, 1.82) is 0 Å². The zero-order valence-electron chi connectivity index (χ0n) is 13.7. The van der Waals surface area contributed by atoms with E-state index in [0.29, 0.717) is 17.2 Å². The summed E-state index contributed by atoms with van der Waals surface area (Å²) in [6, 6.07) is 11.4. The minimum Gasteiger partial charge on any atom is -0.493 e. The van der Waals surface area contributed by atoms with Crippen LogP contribution >= 0.6 is 0 Å². The molecule has 25 heavy (non-hydrogen) atoms. The lowest BCUT2D eigenvalue weighted by molar-refractivity contribution is 0.354. The molecule has 3 aromatic rings. The van der Waals surface area contributed by atoms with Gasteiger partial charge in [-0.1, -0.05) is 0 Å². The lowest BCUT2D eigenvalue weighted by Crippen LogP contribution is -2.13. The lowest BCUT2D eigenvalue weighted by atomic mass is 10.3. The molecule has 0 bridgehead atoms. The number of nitrogens with one attached hydrogen (secondary N) is 1. The summed E-state index contributed by atoms with van der Waals surface area (Å²) in [5.74, 6) is 0.812. The first-order valence-corrected chi connectivity index (χ1v) is 8.85. The highest BCUT2D eigenvalue weighted by atomic mass is 32.2. The molecule has 0 aliphatic carbocycles. The van der Waals surface area contributed by atoms with Crippen LogP contribution in [0.1, 0.15) is 0 Å². The zero-order valence-corrected chi connectivity index (χ0v) is 14.5. The molecule has 8 heteroatoms. The summed E-state index contributed by atoms with van der Waals surface area (Å²) < 4.78 is 39.8. The molecule has 2 aromatic carbocycles. The molecule has 0 unspecified atom stereocenters. The van der Waals surface area contributed by atoms with Crippen LogP contribution in [-0.2, 0) is 10.0 Å². The van der Waals surface area contributed by atoms with Crippen LogP contribution in [-0.4, -0.2) is 32.2 Å². The maximum Gasteiger partial charge on any atom is 0.262 e. The van der Waals surface area contributed by atoms with Crippen molar-refractivity contribution < 1.29 is 17.9 Å². The fraction of sp³-hybridized carbons (Fsp3) is 0.118. The monoisotopic (exact) mass is 359 g/mol. The van der Waals surface area contributed by atoms with Gasteiger partial charge >= 0.3 is 0 Å². The van der Waals surface area contributed by atoms with Crippen LogP contribution in [0.15, 0.2) is 66.1 Å². The minimum absolute atomic E-state index is 0.0869. The maximum absolute atomic E-state index is 12.6. The molecule has 0 saturated carbocycles. The summed E-state index contributed by atoms with van der Waals surface area (Å²) in [5, 5.41) is 0. The van der Waals surface area contributed by atoms with E-state index in [-0.39, 0.29) is 4.90 Å². The third-order valence-electron chi connectivity index (χ3n) is 3.59. The van der Waals surface area contributed by atoms with E-state index < -0.39 is 10.0 Å². The standard InChI is InChI=1S/C17H17N3O4S/c1-23-16-8-7-15(11-17(16)24-2)25(21,22)19-13-3-5-14(6-4-13)20-10-9-18-12-20/h3-12,19H,1-2H3. The second-order valence-electron chi connectivity index (χ2n) is 5.14. The van der Waals surface area contributed by atoms with Gasteiger partial charge in [-0.15, -0.1) is 0 Å². The zero-order chi connectivity index (χ0) is 17.9. The molecule has 0 aliphatic heterocycles. The Bertz CT molecular complexity index is 952. The highest BCUT2D eigenvalue weighted by Crippen LogP contribution is 2.30. The molecule has 7 nitrogen and oxygen atoms in total. The first-order valence-electron chi connectivity index (χ1n) is 7.37. The molecule has 0 saturated heterocycles. The highest BCUT2D eigenvalue weighted by Gasteiger charge is 2.17. The van der Waals surface area contributed by atoms with Gasteiger partial charge in [0, 0.05) is 29.8 Å². The van der Waals surface area contributed by atoms with Crippen LogP contribution < -0.4 is 14.2 Å². The van der Waals surface area contributed by atoms with E-state index in [1.165, 1.54) is 26.4 Å². The molecule has 3 rings (SSSR count). The van der Waals surface area contributed by atoms with Crippen LogP contribution in [0.2, 0.25) is 0 Å². The quantitative estimate of drug-likeness (QED) is 0.732. The Kier molecular flexibility index (Phi) is 4.62. The summed E-state index contributed by atoms with van der Waals surface area (Å²) in [5.41, 5.74) is 1.34. The first-order chi connectivity index (χ1) is 12.0. The fourth-order valence-electron chi connectivity index (χ4n) is 2.31. The van der Waals surface area contributed by atoms with Crippen LogP contribution in [0.25, 0.3) is 5.69 Å². The second-order valence-corrected chi connectivity index (χ2v) is 6.82. The minimum atomic E-state index is -3.74. The van der Waals surface area contributed by atoms with Gasteiger partial charge in [0.1, 0.15) is 0 Å². The van der Waals surface area contributed by atoms with Crippen molar-refractivity contribution in [2.45, 2.75) is 4.90 Å². The Morgan fingerprint density at radius 1 is 1.00 bits per heavy atom. The van der Waals surface area contributed by atoms with Crippen LogP contribution in [0, 0.1) is 0 Å². The van der Waals surface area contributed by atoms with E-state index in [9.17, 15) is 8.42 Å². The average molecular weight is 359 g/mol. The maximum atomic E-state index is 12.6. The third kappa shape index (κ3) is 3.58. The molecule has 0 spiro atoms. The number of benzene rings is 2. The van der Waals surface area contributed by atoms with Gasteiger partial charge in [-0.05, 0) is 36.4 Å². The normalized spacial score (nSPS) is 11.1. The fourth-order valence-corrected chi connectivity index (χ4v) is 3.38. The van der Waals surface area contributed by atoms with E-state index in [1.807, 2.05) is 10.8 Å². The van der Waals surface area contributed by atoms with Crippen molar-refractivity contribution in [3.05, 3.63) is 61.2 Å². The van der Waals surface area contributed by atoms with Gasteiger partial charge in [-0.2, -0.15) is 0 Å². The van der Waals surface area contributed by atoms with E-state index in [1.54, 1.807) is 42.9 Å². The molecule has 1 N–H and O–H groups in total. The Labute approximate surface area is 145 Å². The largest absolute Gasteiger partial charge is 0.493 e. The number of ether oxygens (including phenoxy) is 2. The SMILES string of the molecule is COc1ccc(S(=O)(=O)Nc2ccc(-n3ccnc3)cc2)cc1OC. The van der Waals surface area contributed by atoms with Crippen molar-refractivity contribution in [3.8, 4) is 17.2 Å². The predicted octanol–water partition coefficient (Wildman–Crippen LogP) is 2.69. The average Bonchev–Trinajstić information content (AvgIpc) is 3.16. The van der Waals surface area contributed by atoms with Crippen molar-refractivity contribution in [2.24, 2.45) is 0 Å². The number of anilines is 1. The third-order valence-corrected chi connectivity index (χ3v) is 4.97.